The van der Waals surface area contributed by atoms with E-state index in [9.17, 15) is 19.5 Å². The molecule has 0 spiro atoms. The predicted octanol–water partition coefficient (Wildman–Crippen LogP) is 9.04. The lowest BCUT2D eigenvalue weighted by Crippen LogP contribution is -2.68. The Morgan fingerprint density at radius 2 is 0.719 bits per heavy atom. The molecule has 468 valence electrons. The lowest BCUT2D eigenvalue weighted by Gasteiger charge is -2.50. The van der Waals surface area contributed by atoms with Crippen LogP contribution >= 0.6 is 0 Å². The number of methoxy groups -OCH3 is 3. The number of esters is 3. The van der Waals surface area contributed by atoms with Crippen molar-refractivity contribution in [3.8, 4) is 5.75 Å². The van der Waals surface area contributed by atoms with Crippen LogP contribution in [0.4, 0.5) is 0 Å². The van der Waals surface area contributed by atoms with Crippen LogP contribution in [-0.4, -0.2) is 136 Å². The van der Waals surface area contributed by atoms with Gasteiger partial charge in [-0.15, -0.1) is 0 Å². The Balaban J connectivity index is 1.10. The predicted molar refractivity (Wildman–Crippen MR) is 320 cm³/mol. The fraction of sp³-hybridized carbons (Fsp3) is 0.357. The summed E-state index contributed by atoms with van der Waals surface area (Å²) in [6.07, 6.45) is -21.4. The number of hydrogen-bond donors (Lipinski definition) is 1. The van der Waals surface area contributed by atoms with Gasteiger partial charge >= 0.3 is 17.9 Å². The normalized spacial score (nSPS) is 26.8. The lowest BCUT2D eigenvalue weighted by atomic mass is 9.95. The second-order valence-corrected chi connectivity index (χ2v) is 21.5. The van der Waals surface area contributed by atoms with Gasteiger partial charge in [-0.3, -0.25) is 0 Å². The number of carbonyl (C=O) groups excluding carboxylic acids is 3. The molecule has 7 aromatic rings. The Hall–Kier alpha value is -7.73. The molecule has 0 aromatic heterocycles. The smallest absolute Gasteiger partial charge is 0.338 e. The summed E-state index contributed by atoms with van der Waals surface area (Å²) < 4.78 is 98.3. The molecule has 7 aromatic carbocycles. The average Bonchev–Trinajstić information content (AvgIpc) is 1.19. The van der Waals surface area contributed by atoms with Crippen LogP contribution in [0.2, 0.25) is 0 Å². The third kappa shape index (κ3) is 17.0. The van der Waals surface area contributed by atoms with Crippen LogP contribution in [-0.2, 0) is 116 Å². The van der Waals surface area contributed by atoms with Crippen molar-refractivity contribution in [2.45, 2.75) is 139 Å². The first-order chi connectivity index (χ1) is 43.6. The first-order valence-electron chi connectivity index (χ1n) is 29.5. The second-order valence-electron chi connectivity index (χ2n) is 21.5. The maximum Gasteiger partial charge on any atom is 0.338 e. The third-order valence-electron chi connectivity index (χ3n) is 15.5. The van der Waals surface area contributed by atoms with Gasteiger partial charge in [-0.2, -0.15) is 0 Å². The maximum atomic E-state index is 14.5. The topological polar surface area (TPSA) is 210 Å². The minimum atomic E-state index is -1.76. The molecule has 3 saturated heterocycles. The van der Waals surface area contributed by atoms with Gasteiger partial charge in [-0.05, 0) is 64.6 Å². The minimum absolute atomic E-state index is 0.0101. The highest BCUT2D eigenvalue weighted by atomic mass is 16.8. The SMILES string of the molecule is COC(=O)[C@H]1O[C@H](O[C@H]2[C@H](O[C@@H]3[C@H](OCc4ccccc4)[C@@H](OCc4ccccc4)C(O)O[C@@H]3C(=O)OC)O[C@@H](C)[C@H](OC(=O)c3ccccc3)[C@H]2OCc2ccccc2)[C@H](OCc2ccccc2)[C@@H](OCc2ccccc2)[C@H]1OCc1ccc(OC)cc1. The summed E-state index contributed by atoms with van der Waals surface area (Å²) in [6, 6.07) is 62.4. The molecule has 0 saturated carbocycles. The van der Waals surface area contributed by atoms with Crippen LogP contribution in [0.5, 0.6) is 5.75 Å². The number of ether oxygens (including phenoxy) is 15. The quantitative estimate of drug-likeness (QED) is 0.0376. The van der Waals surface area contributed by atoms with Crippen molar-refractivity contribution >= 4 is 17.9 Å². The molecule has 15 atom stereocenters. The van der Waals surface area contributed by atoms with Crippen LogP contribution in [0.3, 0.4) is 0 Å². The Morgan fingerprint density at radius 1 is 0.371 bits per heavy atom. The van der Waals surface area contributed by atoms with Crippen molar-refractivity contribution in [2.24, 2.45) is 0 Å². The fourth-order valence-electron chi connectivity index (χ4n) is 10.8. The van der Waals surface area contributed by atoms with Crippen LogP contribution in [0.25, 0.3) is 0 Å². The monoisotopic (exact) mass is 1220 g/mol. The lowest BCUT2D eigenvalue weighted by molar-refractivity contribution is -0.391. The highest BCUT2D eigenvalue weighted by molar-refractivity contribution is 5.89. The standard InChI is InChI=1S/C70H74O19/c1-45-54(85-65(71)52-33-21-10-22-34-52)55(78-39-46-23-11-5-12-24-46)64(70(84-45)87-59-58(81-41-48-27-15-7-16-28-48)60(68(74)86-62(59)67(73)77-4)82-42-49-29-17-8-18-30-49)89-69-63(83-43-50-31-19-9-20-32-50)57(80-40-47-25-13-6-14-26-47)56(61(88-69)66(72)76-3)79-44-51-35-37-53(75-2)38-36-51/h5-38,45,54-64,68-70,74H,39-44H2,1-4H3/t45-,54-,55+,56+,57-,58-,59+,60+,61-,62-,63+,64+,68?,69+,70-/m0/s1. The molecule has 0 bridgehead atoms. The Bertz CT molecular complexity index is 3240. The van der Waals surface area contributed by atoms with Crippen molar-refractivity contribution in [1.29, 1.82) is 0 Å². The molecule has 19 heteroatoms. The van der Waals surface area contributed by atoms with Crippen LogP contribution in [0.15, 0.2) is 206 Å². The molecule has 19 nitrogen and oxygen atoms in total. The van der Waals surface area contributed by atoms with Gasteiger partial charge in [0.05, 0.1) is 72.6 Å². The van der Waals surface area contributed by atoms with E-state index in [2.05, 4.69) is 0 Å². The summed E-state index contributed by atoms with van der Waals surface area (Å²) in [6.45, 7) is 1.52. The van der Waals surface area contributed by atoms with Crippen LogP contribution in [0, 0.1) is 0 Å². The summed E-state index contributed by atoms with van der Waals surface area (Å²) in [5.41, 5.74) is 4.78. The zero-order chi connectivity index (χ0) is 61.9. The molecule has 0 aliphatic carbocycles. The van der Waals surface area contributed by atoms with Crippen molar-refractivity contribution in [1.82, 2.24) is 0 Å². The van der Waals surface area contributed by atoms with E-state index in [1.807, 2.05) is 164 Å². The van der Waals surface area contributed by atoms with E-state index in [1.54, 1.807) is 56.5 Å². The molecule has 3 aliphatic rings. The number of hydrogen-bond acceptors (Lipinski definition) is 19. The molecule has 1 N–H and O–H groups in total. The van der Waals surface area contributed by atoms with Crippen molar-refractivity contribution in [3.05, 3.63) is 245 Å². The number of aliphatic hydroxyl groups excluding tert-OH is 1. The van der Waals surface area contributed by atoms with Crippen LogP contribution < -0.4 is 4.74 Å². The van der Waals surface area contributed by atoms with Gasteiger partial charge in [-0.25, -0.2) is 14.4 Å². The molecule has 0 radical (unpaired) electrons. The summed E-state index contributed by atoms with van der Waals surface area (Å²) in [5.74, 6) is -1.84. The largest absolute Gasteiger partial charge is 0.497 e. The van der Waals surface area contributed by atoms with E-state index in [0.29, 0.717) is 5.75 Å². The average molecular weight is 1220 g/mol. The highest BCUT2D eigenvalue weighted by Gasteiger charge is 2.59. The van der Waals surface area contributed by atoms with Crippen molar-refractivity contribution in [3.63, 3.8) is 0 Å². The number of rotatable bonds is 27. The summed E-state index contributed by atoms with van der Waals surface area (Å²) in [7, 11) is 3.98. The molecule has 10 rings (SSSR count). The molecular weight excluding hydrogens is 1140 g/mol. The van der Waals surface area contributed by atoms with E-state index in [4.69, 9.17) is 71.1 Å². The van der Waals surface area contributed by atoms with Gasteiger partial charge in [0.15, 0.2) is 37.2 Å². The zero-order valence-electron chi connectivity index (χ0n) is 49.8. The maximum absolute atomic E-state index is 14.5. The zero-order valence-corrected chi connectivity index (χ0v) is 49.8. The van der Waals surface area contributed by atoms with E-state index in [-0.39, 0.29) is 45.2 Å². The van der Waals surface area contributed by atoms with Crippen LogP contribution in [0.1, 0.15) is 50.7 Å². The Morgan fingerprint density at radius 3 is 1.16 bits per heavy atom. The van der Waals surface area contributed by atoms with Gasteiger partial charge in [0.25, 0.3) is 0 Å². The number of benzene rings is 7. The first-order valence-corrected chi connectivity index (χ1v) is 29.5. The molecule has 3 aliphatic heterocycles. The van der Waals surface area contributed by atoms with E-state index in [0.717, 1.165) is 33.4 Å². The summed E-state index contributed by atoms with van der Waals surface area (Å²) in [4.78, 5) is 43.2. The second kappa shape index (κ2) is 32.1. The van der Waals surface area contributed by atoms with Crippen molar-refractivity contribution < 1.29 is 90.5 Å². The van der Waals surface area contributed by atoms with E-state index < -0.39 is 110 Å². The number of aliphatic hydroxyl groups is 1. The summed E-state index contributed by atoms with van der Waals surface area (Å²) in [5, 5.41) is 11.9. The van der Waals surface area contributed by atoms with Crippen molar-refractivity contribution in [2.75, 3.05) is 21.3 Å². The van der Waals surface area contributed by atoms with Gasteiger partial charge in [0.2, 0.25) is 0 Å². The van der Waals surface area contributed by atoms with Gasteiger partial charge < -0.3 is 76.2 Å². The van der Waals surface area contributed by atoms with Gasteiger partial charge in [-0.1, -0.05) is 182 Å². The third-order valence-corrected chi connectivity index (χ3v) is 15.5. The van der Waals surface area contributed by atoms with Gasteiger partial charge in [0.1, 0.15) is 54.6 Å². The number of carbonyl (C=O) groups is 3. The molecule has 3 fully saturated rings. The molecule has 89 heavy (non-hydrogen) atoms. The molecule has 3 heterocycles. The minimum Gasteiger partial charge on any atom is -0.497 e. The fourth-order valence-corrected chi connectivity index (χ4v) is 10.8. The van der Waals surface area contributed by atoms with E-state index in [1.165, 1.54) is 14.2 Å². The molecule has 0 amide bonds. The molecular formula is C70H74O19. The van der Waals surface area contributed by atoms with E-state index >= 15 is 0 Å². The Labute approximate surface area is 517 Å². The highest BCUT2D eigenvalue weighted by Crippen LogP contribution is 2.39. The first kappa shape index (κ1) is 64.3. The summed E-state index contributed by atoms with van der Waals surface area (Å²) >= 11 is 0. The van der Waals surface area contributed by atoms with Gasteiger partial charge in [0, 0.05) is 0 Å². The molecule has 1 unspecified atom stereocenters. The Kier molecular flexibility index (Phi) is 23.2.